The normalized spacial score (nSPS) is 13.2. The summed E-state index contributed by atoms with van der Waals surface area (Å²) < 4.78 is 17.1. The van der Waals surface area contributed by atoms with E-state index < -0.39 is 5.25 Å². The summed E-state index contributed by atoms with van der Waals surface area (Å²) in [5, 5.41) is 11.1. The number of thioether (sulfide) groups is 1. The Morgan fingerprint density at radius 2 is 1.97 bits per heavy atom. The molecule has 1 aliphatic heterocycles. The Morgan fingerprint density at radius 3 is 2.72 bits per heavy atom. The molecule has 0 radical (unpaired) electrons. The fourth-order valence-electron chi connectivity index (χ4n) is 2.72. The lowest BCUT2D eigenvalue weighted by Gasteiger charge is -2.12. The summed E-state index contributed by atoms with van der Waals surface area (Å²) in [4.78, 5) is 12.6. The molecule has 3 aromatic rings. The number of aromatic nitrogens is 3. The van der Waals surface area contributed by atoms with E-state index >= 15 is 0 Å². The quantitative estimate of drug-likeness (QED) is 0.468. The van der Waals surface area contributed by atoms with Gasteiger partial charge in [-0.05, 0) is 43.3 Å². The van der Waals surface area contributed by atoms with Gasteiger partial charge in [-0.1, -0.05) is 11.8 Å². The Balaban J connectivity index is 1.43. The monoisotopic (exact) mass is 413 g/mol. The minimum Gasteiger partial charge on any atom is -0.497 e. The van der Waals surface area contributed by atoms with Gasteiger partial charge in [0, 0.05) is 17.3 Å². The van der Waals surface area contributed by atoms with Gasteiger partial charge < -0.3 is 25.4 Å². The van der Waals surface area contributed by atoms with Gasteiger partial charge in [0.25, 0.3) is 0 Å². The van der Waals surface area contributed by atoms with Crippen LogP contribution in [0.4, 0.5) is 5.69 Å². The van der Waals surface area contributed by atoms with E-state index in [9.17, 15) is 4.79 Å². The number of fused-ring (bicyclic) bond motifs is 1. The SMILES string of the molecule is COc1ccc(-c2nnc(S[C@H](C)C(=O)Nc3ccc4c(c3)OCO4)n2N)cc1. The third-order valence-corrected chi connectivity index (χ3v) is 5.36. The fraction of sp³-hybridized carbons (Fsp3) is 0.211. The minimum atomic E-state index is -0.448. The molecule has 1 atom stereocenters. The van der Waals surface area contributed by atoms with Crippen LogP contribution in [0.2, 0.25) is 0 Å². The first-order chi connectivity index (χ1) is 14.0. The van der Waals surface area contributed by atoms with Gasteiger partial charge >= 0.3 is 0 Å². The van der Waals surface area contributed by atoms with Crippen LogP contribution in [-0.4, -0.2) is 39.9 Å². The Hall–Kier alpha value is -3.40. The number of hydrogen-bond acceptors (Lipinski definition) is 8. The van der Waals surface area contributed by atoms with Gasteiger partial charge in [0.15, 0.2) is 17.3 Å². The highest BCUT2D eigenvalue weighted by molar-refractivity contribution is 8.00. The summed E-state index contributed by atoms with van der Waals surface area (Å²) in [5.41, 5.74) is 1.42. The van der Waals surface area contributed by atoms with Crippen LogP contribution < -0.4 is 25.4 Å². The average molecular weight is 413 g/mol. The highest BCUT2D eigenvalue weighted by Crippen LogP contribution is 2.34. The van der Waals surface area contributed by atoms with Crippen LogP contribution in [0.1, 0.15) is 6.92 Å². The van der Waals surface area contributed by atoms with Gasteiger partial charge in [0.1, 0.15) is 5.75 Å². The van der Waals surface area contributed by atoms with E-state index in [0.29, 0.717) is 28.2 Å². The number of anilines is 1. The molecule has 1 aliphatic rings. The van der Waals surface area contributed by atoms with Crippen molar-refractivity contribution in [2.75, 3.05) is 25.1 Å². The molecule has 0 saturated carbocycles. The summed E-state index contributed by atoms with van der Waals surface area (Å²) in [5.74, 6) is 8.45. The molecular weight excluding hydrogens is 394 g/mol. The maximum Gasteiger partial charge on any atom is 0.237 e. The van der Waals surface area contributed by atoms with Crippen molar-refractivity contribution in [3.8, 4) is 28.6 Å². The summed E-state index contributed by atoms with van der Waals surface area (Å²) in [6.07, 6.45) is 0. The van der Waals surface area contributed by atoms with E-state index in [0.717, 1.165) is 11.3 Å². The van der Waals surface area contributed by atoms with Crippen LogP contribution >= 0.6 is 11.8 Å². The summed E-state index contributed by atoms with van der Waals surface area (Å²) in [7, 11) is 1.60. The molecule has 4 rings (SSSR count). The van der Waals surface area contributed by atoms with Crippen LogP contribution in [0.5, 0.6) is 17.2 Å². The largest absolute Gasteiger partial charge is 0.497 e. The second-order valence-electron chi connectivity index (χ2n) is 6.22. The van der Waals surface area contributed by atoms with Gasteiger partial charge in [0.2, 0.25) is 17.9 Å². The Labute approximate surface area is 171 Å². The van der Waals surface area contributed by atoms with Gasteiger partial charge in [-0.15, -0.1) is 10.2 Å². The van der Waals surface area contributed by atoms with Crippen LogP contribution in [0.3, 0.4) is 0 Å². The zero-order chi connectivity index (χ0) is 20.4. The molecule has 0 aliphatic carbocycles. The first-order valence-electron chi connectivity index (χ1n) is 8.77. The first kappa shape index (κ1) is 18.9. The molecule has 0 fully saturated rings. The lowest BCUT2D eigenvalue weighted by Crippen LogP contribution is -2.23. The summed E-state index contributed by atoms with van der Waals surface area (Å²) >= 11 is 1.22. The molecule has 150 valence electrons. The molecule has 2 heterocycles. The zero-order valence-electron chi connectivity index (χ0n) is 15.8. The van der Waals surface area contributed by atoms with Crippen molar-refractivity contribution in [1.82, 2.24) is 14.9 Å². The second-order valence-corrected chi connectivity index (χ2v) is 7.53. The van der Waals surface area contributed by atoms with Crippen molar-refractivity contribution in [2.24, 2.45) is 0 Å². The molecular formula is C19H19N5O4S. The van der Waals surface area contributed by atoms with Gasteiger partial charge in [0.05, 0.1) is 12.4 Å². The number of carbonyl (C=O) groups is 1. The molecule has 0 unspecified atom stereocenters. The Bertz CT molecular complexity index is 1040. The second kappa shape index (κ2) is 7.92. The van der Waals surface area contributed by atoms with Gasteiger partial charge in [-0.2, -0.15) is 0 Å². The number of carbonyl (C=O) groups excluding carboxylic acids is 1. The number of ether oxygens (including phenoxy) is 3. The van der Waals surface area contributed by atoms with Crippen LogP contribution in [0.15, 0.2) is 47.6 Å². The Morgan fingerprint density at radius 1 is 1.21 bits per heavy atom. The number of nitrogens with zero attached hydrogens (tertiary/aromatic N) is 3. The maximum atomic E-state index is 12.6. The molecule has 1 amide bonds. The molecule has 29 heavy (non-hydrogen) atoms. The zero-order valence-corrected chi connectivity index (χ0v) is 16.6. The molecule has 2 aromatic carbocycles. The van der Waals surface area contributed by atoms with E-state index in [1.165, 1.54) is 16.4 Å². The third-order valence-electron chi connectivity index (χ3n) is 4.30. The average Bonchev–Trinajstić information content (AvgIpc) is 3.34. The van der Waals surface area contributed by atoms with Crippen molar-refractivity contribution in [1.29, 1.82) is 0 Å². The maximum absolute atomic E-state index is 12.6. The topological polar surface area (TPSA) is 114 Å². The summed E-state index contributed by atoms with van der Waals surface area (Å²) in [6.45, 7) is 1.95. The molecule has 0 saturated heterocycles. The molecule has 0 spiro atoms. The molecule has 3 N–H and O–H groups in total. The number of amides is 1. The minimum absolute atomic E-state index is 0.182. The molecule has 9 nitrogen and oxygen atoms in total. The predicted octanol–water partition coefficient (Wildman–Crippen LogP) is 2.52. The standard InChI is InChI=1S/C19H19N5O4S/c1-11(18(25)21-13-5-8-15-16(9-13)28-10-27-15)29-19-23-22-17(24(19)20)12-3-6-14(26-2)7-4-12/h3-9,11H,10,20H2,1-2H3,(H,21,25)/t11-/m1/s1. The van der Waals surface area contributed by atoms with Gasteiger partial charge in [-0.25, -0.2) is 4.68 Å². The van der Waals surface area contributed by atoms with Crippen molar-refractivity contribution >= 4 is 23.4 Å². The van der Waals surface area contributed by atoms with Gasteiger partial charge in [-0.3, -0.25) is 4.79 Å². The number of methoxy groups -OCH3 is 1. The molecule has 10 heteroatoms. The lowest BCUT2D eigenvalue weighted by atomic mass is 10.2. The van der Waals surface area contributed by atoms with Crippen LogP contribution in [-0.2, 0) is 4.79 Å². The number of hydrogen-bond donors (Lipinski definition) is 2. The number of nitrogen functional groups attached to an aromatic ring is 1. The summed E-state index contributed by atoms with van der Waals surface area (Å²) in [6, 6.07) is 12.6. The first-order valence-corrected chi connectivity index (χ1v) is 9.65. The van der Waals surface area contributed by atoms with E-state index in [2.05, 4.69) is 15.5 Å². The number of nitrogens with two attached hydrogens (primary N) is 1. The highest BCUT2D eigenvalue weighted by Gasteiger charge is 2.21. The third kappa shape index (κ3) is 3.92. The van der Waals surface area contributed by atoms with Crippen molar-refractivity contribution < 1.29 is 19.0 Å². The number of nitrogens with one attached hydrogen (secondary N) is 1. The van der Waals surface area contributed by atoms with E-state index in [1.54, 1.807) is 32.2 Å². The van der Waals surface area contributed by atoms with Crippen molar-refractivity contribution in [2.45, 2.75) is 17.3 Å². The lowest BCUT2D eigenvalue weighted by molar-refractivity contribution is -0.115. The van der Waals surface area contributed by atoms with Crippen LogP contribution in [0.25, 0.3) is 11.4 Å². The number of rotatable bonds is 6. The highest BCUT2D eigenvalue weighted by atomic mass is 32.2. The molecule has 0 bridgehead atoms. The molecule has 1 aromatic heterocycles. The number of benzene rings is 2. The Kier molecular flexibility index (Phi) is 5.17. The fourth-order valence-corrected chi connectivity index (χ4v) is 3.49. The van der Waals surface area contributed by atoms with Crippen LogP contribution in [0, 0.1) is 0 Å². The van der Waals surface area contributed by atoms with E-state index in [1.807, 2.05) is 24.3 Å². The predicted molar refractivity (Wildman–Crippen MR) is 109 cm³/mol. The van der Waals surface area contributed by atoms with Crippen molar-refractivity contribution in [3.05, 3.63) is 42.5 Å². The smallest absolute Gasteiger partial charge is 0.237 e. The van der Waals surface area contributed by atoms with Crippen molar-refractivity contribution in [3.63, 3.8) is 0 Å². The van der Waals surface area contributed by atoms with E-state index in [-0.39, 0.29) is 12.7 Å². The van der Waals surface area contributed by atoms with E-state index in [4.69, 9.17) is 20.1 Å².